The molecule has 2 aromatic rings. The van der Waals surface area contributed by atoms with Crippen molar-refractivity contribution >= 4 is 38.8 Å². The molecule has 3 heterocycles. The predicted octanol–water partition coefficient (Wildman–Crippen LogP) is 2.05. The van der Waals surface area contributed by atoms with E-state index in [2.05, 4.69) is 15.2 Å². The second-order valence-corrected chi connectivity index (χ2v) is 10.4. The van der Waals surface area contributed by atoms with E-state index in [9.17, 15) is 13.2 Å². The third-order valence-corrected chi connectivity index (χ3v) is 7.70. The van der Waals surface area contributed by atoms with E-state index >= 15 is 0 Å². The van der Waals surface area contributed by atoms with Gasteiger partial charge in [0.2, 0.25) is 11.1 Å². The molecule has 10 heteroatoms. The van der Waals surface area contributed by atoms with Crippen molar-refractivity contribution in [2.45, 2.75) is 36.7 Å². The van der Waals surface area contributed by atoms with Crippen LogP contribution in [-0.2, 0) is 14.6 Å². The van der Waals surface area contributed by atoms with Gasteiger partial charge in [-0.15, -0.1) is 16.4 Å². The maximum absolute atomic E-state index is 12.8. The molecule has 2 atom stereocenters. The Labute approximate surface area is 155 Å². The average molecular weight is 401 g/mol. The lowest BCUT2D eigenvalue weighted by Crippen LogP contribution is -2.44. The molecule has 0 radical (unpaired) electrons. The summed E-state index contributed by atoms with van der Waals surface area (Å²) in [4.78, 5) is 19.8. The lowest BCUT2D eigenvalue weighted by molar-refractivity contribution is -0.131. The topological polar surface area (TPSA) is 96.0 Å². The zero-order valence-corrected chi connectivity index (χ0v) is 16.5. The Balaban J connectivity index is 1.65. The summed E-state index contributed by atoms with van der Waals surface area (Å²) in [5.41, 5.74) is 0. The molecule has 25 heavy (non-hydrogen) atoms. The highest BCUT2D eigenvalue weighted by molar-refractivity contribution is 8.00. The van der Waals surface area contributed by atoms with Gasteiger partial charge in [0, 0.05) is 12.6 Å². The van der Waals surface area contributed by atoms with Gasteiger partial charge in [0.05, 0.1) is 21.6 Å². The van der Waals surface area contributed by atoms with E-state index in [1.54, 1.807) is 23.2 Å². The fourth-order valence-electron chi connectivity index (χ4n) is 2.88. The van der Waals surface area contributed by atoms with Gasteiger partial charge in [-0.1, -0.05) is 17.8 Å². The largest absolute Gasteiger partial charge is 0.338 e. The van der Waals surface area contributed by atoms with Crippen molar-refractivity contribution in [1.82, 2.24) is 20.1 Å². The number of nitrogens with zero attached hydrogens (tertiary/aromatic N) is 3. The Kier molecular flexibility index (Phi) is 5.49. The molecule has 136 valence electrons. The molecule has 0 saturated carbocycles. The van der Waals surface area contributed by atoms with Gasteiger partial charge in [-0.25, -0.2) is 13.4 Å². The number of thiophene rings is 1. The second kappa shape index (κ2) is 7.46. The quantitative estimate of drug-likeness (QED) is 0.746. The summed E-state index contributed by atoms with van der Waals surface area (Å²) in [6.45, 7) is 4.18. The van der Waals surface area contributed by atoms with Gasteiger partial charge in [-0.2, -0.15) is 0 Å². The Morgan fingerprint density at radius 1 is 1.56 bits per heavy atom. The molecular formula is C15H20N4O3S3. The Bertz CT molecular complexity index is 832. The first-order valence-electron chi connectivity index (χ1n) is 8.03. The number of amides is 1. The number of hydrogen-bond donors (Lipinski definition) is 1. The lowest BCUT2D eigenvalue weighted by atomic mass is 10.2. The first-order valence-corrected chi connectivity index (χ1v) is 11.6. The van der Waals surface area contributed by atoms with Crippen LogP contribution in [0.5, 0.6) is 0 Å². The third-order valence-electron chi connectivity index (χ3n) is 4.12. The highest BCUT2D eigenvalue weighted by Crippen LogP contribution is 2.27. The number of hydrogen-bond acceptors (Lipinski definition) is 7. The Morgan fingerprint density at radius 3 is 2.96 bits per heavy atom. The maximum atomic E-state index is 12.8. The fourth-order valence-corrected chi connectivity index (χ4v) is 6.07. The number of H-pyrrole nitrogens is 1. The minimum absolute atomic E-state index is 0.0626. The highest BCUT2D eigenvalue weighted by atomic mass is 32.2. The van der Waals surface area contributed by atoms with E-state index in [1.807, 2.05) is 24.4 Å². The number of thioether (sulfide) groups is 1. The molecule has 0 aliphatic carbocycles. The first kappa shape index (κ1) is 18.4. The summed E-state index contributed by atoms with van der Waals surface area (Å²) in [7, 11) is -3.02. The van der Waals surface area contributed by atoms with Crippen LogP contribution in [0.1, 0.15) is 20.3 Å². The van der Waals surface area contributed by atoms with Gasteiger partial charge in [-0.05, 0) is 31.7 Å². The molecule has 1 aliphatic heterocycles. The van der Waals surface area contributed by atoms with Crippen LogP contribution in [-0.4, -0.2) is 63.7 Å². The fraction of sp³-hybridized carbons (Fsp3) is 0.533. The molecule has 0 spiro atoms. The molecule has 7 nitrogen and oxygen atoms in total. The predicted molar refractivity (Wildman–Crippen MR) is 99.5 cm³/mol. The molecule has 0 unspecified atom stereocenters. The van der Waals surface area contributed by atoms with Crippen LogP contribution in [0.4, 0.5) is 0 Å². The van der Waals surface area contributed by atoms with E-state index in [0.29, 0.717) is 23.9 Å². The van der Waals surface area contributed by atoms with Crippen LogP contribution in [0.2, 0.25) is 0 Å². The number of carbonyl (C=O) groups is 1. The summed E-state index contributed by atoms with van der Waals surface area (Å²) >= 11 is 2.85. The van der Waals surface area contributed by atoms with Crippen molar-refractivity contribution < 1.29 is 13.2 Å². The number of aromatic nitrogens is 3. The SMILES string of the molecule is CCN(C(=O)[C@H](C)Sc1n[nH]c(-c2cccs2)n1)[C@H]1CCS(=O)(=O)C1. The van der Waals surface area contributed by atoms with E-state index < -0.39 is 9.84 Å². The number of carbonyl (C=O) groups excluding carboxylic acids is 1. The molecule has 0 bridgehead atoms. The maximum Gasteiger partial charge on any atom is 0.236 e. The van der Waals surface area contributed by atoms with Crippen molar-refractivity contribution in [2.24, 2.45) is 0 Å². The minimum Gasteiger partial charge on any atom is -0.338 e. The van der Waals surface area contributed by atoms with Crippen molar-refractivity contribution in [3.05, 3.63) is 17.5 Å². The summed E-state index contributed by atoms with van der Waals surface area (Å²) in [6.07, 6.45) is 0.516. The van der Waals surface area contributed by atoms with E-state index in [0.717, 1.165) is 4.88 Å². The highest BCUT2D eigenvalue weighted by Gasteiger charge is 2.35. The zero-order valence-electron chi connectivity index (χ0n) is 14.0. The van der Waals surface area contributed by atoms with Gasteiger partial charge < -0.3 is 4.90 Å². The van der Waals surface area contributed by atoms with Gasteiger partial charge in [0.1, 0.15) is 0 Å². The molecule has 1 aliphatic rings. The standard InChI is InChI=1S/C15H20N4O3S3/c1-3-19(11-6-8-25(21,22)9-11)14(20)10(2)24-15-16-13(17-18-15)12-5-4-7-23-12/h4-5,7,10-11H,3,6,8-9H2,1-2H3,(H,16,17,18)/t10-,11-/m0/s1. The van der Waals surface area contributed by atoms with Crippen molar-refractivity contribution in [3.8, 4) is 10.7 Å². The minimum atomic E-state index is -3.02. The van der Waals surface area contributed by atoms with Crippen molar-refractivity contribution in [1.29, 1.82) is 0 Å². The molecule has 1 fully saturated rings. The number of rotatable bonds is 6. The van der Waals surface area contributed by atoms with Gasteiger partial charge in [0.25, 0.3) is 0 Å². The number of aromatic amines is 1. The molecule has 0 aromatic carbocycles. The van der Waals surface area contributed by atoms with Crippen LogP contribution in [0.25, 0.3) is 10.7 Å². The first-order chi connectivity index (χ1) is 11.9. The number of nitrogens with one attached hydrogen (secondary N) is 1. The van der Waals surface area contributed by atoms with Crippen LogP contribution in [0.15, 0.2) is 22.7 Å². The lowest BCUT2D eigenvalue weighted by Gasteiger charge is -2.29. The molecule has 1 amide bonds. The molecule has 1 saturated heterocycles. The Morgan fingerprint density at radius 2 is 2.36 bits per heavy atom. The second-order valence-electron chi connectivity index (χ2n) is 5.89. The van der Waals surface area contributed by atoms with Crippen LogP contribution < -0.4 is 0 Å². The molecular weight excluding hydrogens is 380 g/mol. The van der Waals surface area contributed by atoms with Crippen molar-refractivity contribution in [3.63, 3.8) is 0 Å². The van der Waals surface area contributed by atoms with Crippen LogP contribution in [0, 0.1) is 0 Å². The molecule has 3 rings (SSSR count). The van der Waals surface area contributed by atoms with Gasteiger partial charge >= 0.3 is 0 Å². The third kappa shape index (κ3) is 4.24. The zero-order chi connectivity index (χ0) is 18.0. The molecule has 2 aromatic heterocycles. The Hall–Kier alpha value is -1.39. The average Bonchev–Trinajstić information content (AvgIpc) is 3.28. The number of sulfone groups is 1. The summed E-state index contributed by atoms with van der Waals surface area (Å²) < 4.78 is 23.4. The summed E-state index contributed by atoms with van der Waals surface area (Å²) in [5.74, 6) is 0.838. The summed E-state index contributed by atoms with van der Waals surface area (Å²) in [5, 5.41) is 9.15. The van der Waals surface area contributed by atoms with Gasteiger partial charge in [-0.3, -0.25) is 9.89 Å². The van der Waals surface area contributed by atoms with Crippen LogP contribution in [0.3, 0.4) is 0 Å². The van der Waals surface area contributed by atoms with E-state index in [4.69, 9.17) is 0 Å². The van der Waals surface area contributed by atoms with Crippen molar-refractivity contribution in [2.75, 3.05) is 18.1 Å². The van der Waals surface area contributed by atoms with Gasteiger partial charge in [0.15, 0.2) is 15.7 Å². The van der Waals surface area contributed by atoms with E-state index in [1.165, 1.54) is 11.8 Å². The van der Waals surface area contributed by atoms with Crippen LogP contribution >= 0.6 is 23.1 Å². The summed E-state index contributed by atoms with van der Waals surface area (Å²) in [6, 6.07) is 3.67. The monoisotopic (exact) mass is 400 g/mol. The smallest absolute Gasteiger partial charge is 0.236 e. The molecule has 1 N–H and O–H groups in total. The van der Waals surface area contributed by atoms with E-state index in [-0.39, 0.29) is 28.7 Å². The normalized spacial score (nSPS) is 20.5.